The topological polar surface area (TPSA) is 50.2 Å². The fourth-order valence-electron chi connectivity index (χ4n) is 2.51. The molecule has 2 rings (SSSR count). The van der Waals surface area contributed by atoms with Gasteiger partial charge in [0.15, 0.2) is 0 Å². The lowest BCUT2D eigenvalue weighted by molar-refractivity contribution is -0.131. The first-order valence-corrected chi connectivity index (χ1v) is 6.57. The van der Waals surface area contributed by atoms with Gasteiger partial charge in [-0.15, -0.1) is 0 Å². The molecule has 1 aromatic heterocycles. The smallest absolute Gasteiger partial charge is 0.244 e. The van der Waals surface area contributed by atoms with E-state index in [9.17, 15) is 4.79 Å². The van der Waals surface area contributed by atoms with Gasteiger partial charge in [0.2, 0.25) is 5.91 Å². The molecule has 2 atom stereocenters. The Kier molecular flexibility index (Phi) is 4.01. The molecule has 0 spiro atoms. The third-order valence-electron chi connectivity index (χ3n) is 3.58. The second-order valence-electron chi connectivity index (χ2n) is 5.14. The first kappa shape index (κ1) is 13.1. The van der Waals surface area contributed by atoms with E-state index < -0.39 is 0 Å². The van der Waals surface area contributed by atoms with Crippen molar-refractivity contribution in [1.29, 1.82) is 0 Å². The van der Waals surface area contributed by atoms with E-state index in [-0.39, 0.29) is 11.9 Å². The molecule has 1 saturated heterocycles. The maximum Gasteiger partial charge on any atom is 0.244 e. The second-order valence-corrected chi connectivity index (χ2v) is 5.14. The van der Waals surface area contributed by atoms with Crippen LogP contribution in [-0.2, 0) is 4.79 Å². The third-order valence-corrected chi connectivity index (χ3v) is 3.58. The Morgan fingerprint density at radius 3 is 2.94 bits per heavy atom. The standard InChI is InChI=1S/C13H22N4O/c1-10(13(18)16(2)3)17-9-14-8-12(17)11-6-4-5-7-15-11/h8-11,15H,4-7H2,1-3H3. The summed E-state index contributed by atoms with van der Waals surface area (Å²) in [7, 11) is 3.57. The minimum atomic E-state index is -0.193. The van der Waals surface area contributed by atoms with Gasteiger partial charge in [-0.1, -0.05) is 6.42 Å². The molecule has 1 aliphatic rings. The first-order valence-electron chi connectivity index (χ1n) is 6.57. The number of imidazole rings is 1. The summed E-state index contributed by atoms with van der Waals surface area (Å²) in [6, 6.07) is 0.139. The molecular weight excluding hydrogens is 228 g/mol. The molecule has 2 heterocycles. The summed E-state index contributed by atoms with van der Waals surface area (Å²) in [4.78, 5) is 17.9. The van der Waals surface area contributed by atoms with Crippen molar-refractivity contribution in [3.05, 3.63) is 18.2 Å². The van der Waals surface area contributed by atoms with Crippen LogP contribution in [0.1, 0.15) is 44.0 Å². The lowest BCUT2D eigenvalue weighted by atomic mass is 10.0. The average molecular weight is 250 g/mol. The molecule has 1 fully saturated rings. The number of nitrogens with zero attached hydrogens (tertiary/aromatic N) is 3. The van der Waals surface area contributed by atoms with Gasteiger partial charge in [0.25, 0.3) is 0 Å². The van der Waals surface area contributed by atoms with Gasteiger partial charge in [-0.25, -0.2) is 4.98 Å². The molecule has 0 bridgehead atoms. The number of carbonyl (C=O) groups is 1. The summed E-state index contributed by atoms with van der Waals surface area (Å²) in [5.74, 6) is 0.102. The summed E-state index contributed by atoms with van der Waals surface area (Å²) in [5.41, 5.74) is 1.12. The lowest BCUT2D eigenvalue weighted by Crippen LogP contribution is -2.33. The van der Waals surface area contributed by atoms with Crippen molar-refractivity contribution in [2.75, 3.05) is 20.6 Å². The predicted octanol–water partition coefficient (Wildman–Crippen LogP) is 1.35. The summed E-state index contributed by atoms with van der Waals surface area (Å²) in [6.45, 7) is 2.97. The van der Waals surface area contributed by atoms with Crippen LogP contribution in [0.15, 0.2) is 12.5 Å². The maximum atomic E-state index is 12.0. The monoisotopic (exact) mass is 250 g/mol. The Morgan fingerprint density at radius 1 is 1.56 bits per heavy atom. The summed E-state index contributed by atoms with van der Waals surface area (Å²) in [6.07, 6.45) is 7.23. The van der Waals surface area contributed by atoms with Crippen molar-refractivity contribution >= 4 is 5.91 Å². The number of piperidine rings is 1. The Hall–Kier alpha value is -1.36. The average Bonchev–Trinajstić information content (AvgIpc) is 2.87. The molecule has 0 aliphatic carbocycles. The molecule has 1 amide bonds. The van der Waals surface area contributed by atoms with Crippen LogP contribution in [0, 0.1) is 0 Å². The Bertz CT molecular complexity index is 407. The van der Waals surface area contributed by atoms with Crippen LogP contribution >= 0.6 is 0 Å². The molecule has 5 nitrogen and oxygen atoms in total. The van der Waals surface area contributed by atoms with Crippen LogP contribution in [0.5, 0.6) is 0 Å². The van der Waals surface area contributed by atoms with Crippen LogP contribution in [-0.4, -0.2) is 41.0 Å². The summed E-state index contributed by atoms with van der Waals surface area (Å²) < 4.78 is 1.99. The SMILES string of the molecule is CC(C(=O)N(C)C)n1cncc1C1CCCCN1. The van der Waals surface area contributed by atoms with E-state index >= 15 is 0 Å². The number of rotatable bonds is 3. The number of hydrogen-bond acceptors (Lipinski definition) is 3. The fourth-order valence-corrected chi connectivity index (χ4v) is 2.51. The van der Waals surface area contributed by atoms with Crippen molar-refractivity contribution in [2.24, 2.45) is 0 Å². The van der Waals surface area contributed by atoms with Gasteiger partial charge in [-0.05, 0) is 26.3 Å². The van der Waals surface area contributed by atoms with Gasteiger partial charge < -0.3 is 14.8 Å². The molecule has 0 aromatic carbocycles. The highest BCUT2D eigenvalue weighted by molar-refractivity contribution is 5.79. The number of likely N-dealkylation sites (N-methyl/N-ethyl adjacent to an activating group) is 1. The zero-order valence-electron chi connectivity index (χ0n) is 11.4. The van der Waals surface area contributed by atoms with Gasteiger partial charge in [0.1, 0.15) is 6.04 Å². The third kappa shape index (κ3) is 2.56. The van der Waals surface area contributed by atoms with Gasteiger partial charge in [0.05, 0.1) is 12.0 Å². The number of nitrogens with one attached hydrogen (secondary N) is 1. The molecule has 0 saturated carbocycles. The minimum absolute atomic E-state index is 0.102. The number of hydrogen-bond donors (Lipinski definition) is 1. The summed E-state index contributed by atoms with van der Waals surface area (Å²) in [5, 5.41) is 3.50. The van der Waals surface area contributed by atoms with Crippen molar-refractivity contribution in [2.45, 2.75) is 38.3 Å². The van der Waals surface area contributed by atoms with Crippen LogP contribution in [0.3, 0.4) is 0 Å². The van der Waals surface area contributed by atoms with E-state index in [2.05, 4.69) is 10.3 Å². The summed E-state index contributed by atoms with van der Waals surface area (Å²) >= 11 is 0. The highest BCUT2D eigenvalue weighted by Gasteiger charge is 2.24. The molecular formula is C13H22N4O. The van der Waals surface area contributed by atoms with Gasteiger partial charge in [-0.3, -0.25) is 4.79 Å². The Morgan fingerprint density at radius 2 is 2.33 bits per heavy atom. The quantitative estimate of drug-likeness (QED) is 0.881. The Labute approximate surface area is 108 Å². The van der Waals surface area contributed by atoms with E-state index in [4.69, 9.17) is 0 Å². The normalized spacial score (nSPS) is 21.6. The van der Waals surface area contributed by atoms with Crippen molar-refractivity contribution < 1.29 is 4.79 Å². The van der Waals surface area contributed by atoms with Gasteiger partial charge in [-0.2, -0.15) is 0 Å². The largest absolute Gasteiger partial charge is 0.347 e. The van der Waals surface area contributed by atoms with Crippen LogP contribution < -0.4 is 5.32 Å². The zero-order valence-corrected chi connectivity index (χ0v) is 11.4. The molecule has 18 heavy (non-hydrogen) atoms. The highest BCUT2D eigenvalue weighted by Crippen LogP contribution is 2.25. The van der Waals surface area contributed by atoms with E-state index in [1.54, 1.807) is 25.3 Å². The van der Waals surface area contributed by atoms with E-state index in [1.807, 2.05) is 17.7 Å². The highest BCUT2D eigenvalue weighted by atomic mass is 16.2. The molecule has 0 radical (unpaired) electrons. The number of amides is 1. The predicted molar refractivity (Wildman–Crippen MR) is 70.2 cm³/mol. The number of aromatic nitrogens is 2. The molecule has 5 heteroatoms. The zero-order chi connectivity index (χ0) is 13.1. The van der Waals surface area contributed by atoms with Crippen molar-refractivity contribution in [1.82, 2.24) is 19.8 Å². The first-order chi connectivity index (χ1) is 8.61. The van der Waals surface area contributed by atoms with E-state index in [0.29, 0.717) is 6.04 Å². The second kappa shape index (κ2) is 5.52. The van der Waals surface area contributed by atoms with Crippen molar-refractivity contribution in [3.8, 4) is 0 Å². The van der Waals surface area contributed by atoms with Gasteiger partial charge in [0, 0.05) is 26.3 Å². The molecule has 2 unspecified atom stereocenters. The fraction of sp³-hybridized carbons (Fsp3) is 0.692. The number of carbonyl (C=O) groups excluding carboxylic acids is 1. The minimum Gasteiger partial charge on any atom is -0.347 e. The van der Waals surface area contributed by atoms with Gasteiger partial charge >= 0.3 is 0 Å². The van der Waals surface area contributed by atoms with Crippen LogP contribution in [0.4, 0.5) is 0 Å². The van der Waals surface area contributed by atoms with Crippen molar-refractivity contribution in [3.63, 3.8) is 0 Å². The molecule has 1 aromatic rings. The maximum absolute atomic E-state index is 12.0. The lowest BCUT2D eigenvalue weighted by Gasteiger charge is -2.27. The van der Waals surface area contributed by atoms with E-state index in [0.717, 1.165) is 18.7 Å². The Balaban J connectivity index is 2.18. The van der Waals surface area contributed by atoms with Crippen LogP contribution in [0.25, 0.3) is 0 Å². The molecule has 100 valence electrons. The van der Waals surface area contributed by atoms with Crippen LogP contribution in [0.2, 0.25) is 0 Å². The molecule has 1 aliphatic heterocycles. The van der Waals surface area contributed by atoms with E-state index in [1.165, 1.54) is 12.8 Å². The molecule has 1 N–H and O–H groups in total.